The molecule has 0 unspecified atom stereocenters. The van der Waals surface area contributed by atoms with Gasteiger partial charge < -0.3 is 10.6 Å². The highest BCUT2D eigenvalue weighted by atomic mass is 16.2. The number of benzene rings is 2. The Bertz CT molecular complexity index is 1460. The number of hydrogen-bond donors (Lipinski definition) is 2. The lowest BCUT2D eigenvalue weighted by atomic mass is 9.98. The van der Waals surface area contributed by atoms with Crippen LogP contribution in [0.4, 0.5) is 5.82 Å². The van der Waals surface area contributed by atoms with Crippen LogP contribution in [0.15, 0.2) is 85.3 Å². The molecule has 4 rings (SSSR count). The van der Waals surface area contributed by atoms with Crippen LogP contribution in [0.3, 0.4) is 0 Å². The Balaban J connectivity index is 1.46. The predicted octanol–water partition coefficient (Wildman–Crippen LogP) is 5.15. The van der Waals surface area contributed by atoms with Crippen molar-refractivity contribution in [3.05, 3.63) is 102 Å². The number of carbonyl (C=O) groups is 1. The second-order valence-corrected chi connectivity index (χ2v) is 9.65. The highest BCUT2D eigenvalue weighted by Gasteiger charge is 2.23. The van der Waals surface area contributed by atoms with Crippen molar-refractivity contribution in [3.8, 4) is 23.3 Å². The minimum Gasteiger partial charge on any atom is -0.309 e. The van der Waals surface area contributed by atoms with Crippen molar-refractivity contribution in [3.63, 3.8) is 0 Å². The Morgan fingerprint density at radius 3 is 2.34 bits per heavy atom. The van der Waals surface area contributed by atoms with Crippen molar-refractivity contribution in [2.45, 2.75) is 38.3 Å². The van der Waals surface area contributed by atoms with Gasteiger partial charge in [0.25, 0.3) is 0 Å². The zero-order valence-electron chi connectivity index (χ0n) is 21.6. The molecule has 0 aliphatic carbocycles. The zero-order valence-corrected chi connectivity index (χ0v) is 21.6. The second kappa shape index (κ2) is 11.5. The van der Waals surface area contributed by atoms with E-state index < -0.39 is 11.6 Å². The third kappa shape index (κ3) is 6.12. The number of hydrogen-bond acceptors (Lipinski definition) is 6. The summed E-state index contributed by atoms with van der Waals surface area (Å²) < 4.78 is 1.62. The first-order valence-electron chi connectivity index (χ1n) is 12.3. The van der Waals surface area contributed by atoms with Crippen LogP contribution in [-0.4, -0.2) is 27.2 Å². The van der Waals surface area contributed by atoms with Gasteiger partial charge in [-0.15, -0.1) is 0 Å². The van der Waals surface area contributed by atoms with Crippen LogP contribution < -0.4 is 10.6 Å². The van der Waals surface area contributed by atoms with Crippen molar-refractivity contribution < 1.29 is 4.79 Å². The topological polar surface area (TPSA) is 119 Å². The third-order valence-corrected chi connectivity index (χ3v) is 6.41. The molecule has 2 atom stereocenters. The molecule has 1 amide bonds. The number of carbonyl (C=O) groups excluding carboxylic acids is 1. The Morgan fingerprint density at radius 1 is 0.974 bits per heavy atom. The molecule has 190 valence electrons. The maximum Gasteiger partial charge on any atom is 0.247 e. The molecule has 2 aromatic heterocycles. The number of amides is 1. The number of pyridine rings is 1. The van der Waals surface area contributed by atoms with Gasteiger partial charge in [0.2, 0.25) is 5.91 Å². The molecule has 0 saturated carbocycles. The molecular formula is C30H29N7O. The SMILES string of the molecule is C[C@H](CN[C@H](C(=O)Nc1ccc(-c2cnn(C(C)(C)C#N)c2)cn1)c1ccccc1)c1ccc(C#N)cc1. The average molecular weight is 504 g/mol. The molecular weight excluding hydrogens is 474 g/mol. The summed E-state index contributed by atoms with van der Waals surface area (Å²) in [7, 11) is 0. The van der Waals surface area contributed by atoms with Crippen LogP contribution >= 0.6 is 0 Å². The summed E-state index contributed by atoms with van der Waals surface area (Å²) >= 11 is 0. The van der Waals surface area contributed by atoms with Gasteiger partial charge in [0, 0.05) is 30.1 Å². The van der Waals surface area contributed by atoms with Gasteiger partial charge in [-0.2, -0.15) is 15.6 Å². The van der Waals surface area contributed by atoms with E-state index in [9.17, 15) is 10.1 Å². The molecule has 4 aromatic rings. The van der Waals surface area contributed by atoms with Crippen LogP contribution in [0.25, 0.3) is 11.1 Å². The van der Waals surface area contributed by atoms with Gasteiger partial charge in [-0.3, -0.25) is 9.48 Å². The van der Waals surface area contributed by atoms with E-state index in [0.29, 0.717) is 17.9 Å². The fourth-order valence-electron chi connectivity index (χ4n) is 3.97. The van der Waals surface area contributed by atoms with Crippen molar-refractivity contribution in [2.75, 3.05) is 11.9 Å². The third-order valence-electron chi connectivity index (χ3n) is 6.41. The van der Waals surface area contributed by atoms with Crippen molar-refractivity contribution in [1.82, 2.24) is 20.1 Å². The fourth-order valence-corrected chi connectivity index (χ4v) is 3.97. The largest absolute Gasteiger partial charge is 0.309 e. The summed E-state index contributed by atoms with van der Waals surface area (Å²) in [4.78, 5) is 17.8. The number of anilines is 1. The molecule has 2 N–H and O–H groups in total. The highest BCUT2D eigenvalue weighted by molar-refractivity contribution is 5.95. The van der Waals surface area contributed by atoms with Crippen molar-refractivity contribution in [2.24, 2.45) is 0 Å². The van der Waals surface area contributed by atoms with Gasteiger partial charge in [0.1, 0.15) is 17.4 Å². The summed E-state index contributed by atoms with van der Waals surface area (Å²) in [5, 5.41) is 29.0. The summed E-state index contributed by atoms with van der Waals surface area (Å²) in [6, 6.07) is 24.5. The number of nitrogens with zero attached hydrogens (tertiary/aromatic N) is 5. The fraction of sp³-hybridized carbons (Fsp3) is 0.233. The quantitative estimate of drug-likeness (QED) is 0.326. The Labute approximate surface area is 222 Å². The first-order chi connectivity index (χ1) is 18.3. The van der Waals surface area contributed by atoms with Gasteiger partial charge >= 0.3 is 0 Å². The molecule has 0 radical (unpaired) electrons. The van der Waals surface area contributed by atoms with Gasteiger partial charge in [0.15, 0.2) is 0 Å². The average Bonchev–Trinajstić information content (AvgIpc) is 3.45. The number of nitrogens with one attached hydrogen (secondary N) is 2. The number of nitriles is 2. The first kappa shape index (κ1) is 26.3. The molecule has 0 aliphatic heterocycles. The van der Waals surface area contributed by atoms with E-state index in [1.165, 1.54) is 0 Å². The molecule has 0 spiro atoms. The molecule has 2 aromatic carbocycles. The standard InChI is InChI=1S/C30H29N7O/c1-21(23-11-9-22(15-31)10-12-23)16-34-28(24-7-5-4-6-8-24)29(38)36-27-14-13-25(17-33-27)26-18-35-37(19-26)30(2,3)20-32/h4-14,17-19,21,28,34H,16H2,1-3H3,(H,33,36,38)/t21-,28+/m1/s1. The molecule has 8 heteroatoms. The lowest BCUT2D eigenvalue weighted by molar-refractivity contribution is -0.118. The summed E-state index contributed by atoms with van der Waals surface area (Å²) in [6.07, 6.45) is 5.18. The lowest BCUT2D eigenvalue weighted by Crippen LogP contribution is -2.35. The maximum atomic E-state index is 13.4. The van der Waals surface area contributed by atoms with Crippen LogP contribution in [0.5, 0.6) is 0 Å². The summed E-state index contributed by atoms with van der Waals surface area (Å²) in [5.74, 6) is 0.351. The van der Waals surface area contributed by atoms with E-state index in [4.69, 9.17) is 5.26 Å². The van der Waals surface area contributed by atoms with E-state index in [0.717, 1.165) is 22.3 Å². The van der Waals surface area contributed by atoms with E-state index in [2.05, 4.69) is 39.8 Å². The highest BCUT2D eigenvalue weighted by Crippen LogP contribution is 2.23. The normalized spacial score (nSPS) is 12.7. The van der Waals surface area contributed by atoms with E-state index in [1.807, 2.05) is 54.7 Å². The van der Waals surface area contributed by atoms with Crippen LogP contribution in [0.2, 0.25) is 0 Å². The van der Waals surface area contributed by atoms with Gasteiger partial charge in [-0.1, -0.05) is 49.4 Å². The maximum absolute atomic E-state index is 13.4. The van der Waals surface area contributed by atoms with Crippen LogP contribution in [0, 0.1) is 22.7 Å². The van der Waals surface area contributed by atoms with Crippen LogP contribution in [-0.2, 0) is 10.3 Å². The first-order valence-corrected chi connectivity index (χ1v) is 12.3. The Hall–Kier alpha value is -4.79. The Morgan fingerprint density at radius 2 is 1.71 bits per heavy atom. The molecule has 2 heterocycles. The zero-order chi connectivity index (χ0) is 27.1. The lowest BCUT2D eigenvalue weighted by Gasteiger charge is -2.21. The minimum atomic E-state index is -0.753. The van der Waals surface area contributed by atoms with E-state index in [-0.39, 0.29) is 11.8 Å². The van der Waals surface area contributed by atoms with E-state index in [1.54, 1.807) is 49.1 Å². The van der Waals surface area contributed by atoms with Gasteiger partial charge in [-0.05, 0) is 55.2 Å². The smallest absolute Gasteiger partial charge is 0.247 e. The summed E-state index contributed by atoms with van der Waals surface area (Å²) in [6.45, 7) is 6.23. The van der Waals surface area contributed by atoms with Crippen LogP contribution in [0.1, 0.15) is 49.4 Å². The second-order valence-electron chi connectivity index (χ2n) is 9.65. The predicted molar refractivity (Wildman–Crippen MR) is 146 cm³/mol. The molecule has 0 bridgehead atoms. The van der Waals surface area contributed by atoms with Gasteiger partial charge in [0.05, 0.1) is 23.9 Å². The molecule has 0 saturated heterocycles. The van der Waals surface area contributed by atoms with Gasteiger partial charge in [-0.25, -0.2) is 4.98 Å². The molecule has 8 nitrogen and oxygen atoms in total. The number of aromatic nitrogens is 3. The van der Waals surface area contributed by atoms with Crippen molar-refractivity contribution >= 4 is 11.7 Å². The summed E-state index contributed by atoms with van der Waals surface area (Å²) in [5.41, 5.74) is 3.46. The number of rotatable bonds is 9. The monoisotopic (exact) mass is 503 g/mol. The minimum absolute atomic E-state index is 0.131. The van der Waals surface area contributed by atoms with E-state index >= 15 is 0 Å². The molecule has 38 heavy (non-hydrogen) atoms. The molecule has 0 fully saturated rings. The molecule has 0 aliphatic rings. The van der Waals surface area contributed by atoms with Crippen molar-refractivity contribution in [1.29, 1.82) is 10.5 Å². The Kier molecular flexibility index (Phi) is 7.96.